The first-order valence-corrected chi connectivity index (χ1v) is 14.2. The number of thiophene rings is 1. The van der Waals surface area contributed by atoms with Crippen molar-refractivity contribution in [3.05, 3.63) is 34.2 Å². The number of aliphatic hydroxyl groups is 2. The highest BCUT2D eigenvalue weighted by molar-refractivity contribution is 7.66. The van der Waals surface area contributed by atoms with Gasteiger partial charge in [-0.05, 0) is 11.4 Å². The summed E-state index contributed by atoms with van der Waals surface area (Å²) in [6.45, 7) is -1.03. The summed E-state index contributed by atoms with van der Waals surface area (Å²) in [7, 11) is -16.8. The minimum Gasteiger partial charge on any atom is -0.387 e. The van der Waals surface area contributed by atoms with Crippen LogP contribution in [0.15, 0.2) is 28.5 Å². The van der Waals surface area contributed by atoms with Crippen LogP contribution in [0.2, 0.25) is 0 Å². The number of phosphoric acid groups is 3. The third-order valence-corrected chi connectivity index (χ3v) is 8.90. The molecule has 2 aromatic heterocycles. The number of nitrogens with two attached hydrogens (primary N) is 1. The van der Waals surface area contributed by atoms with Gasteiger partial charge >= 0.3 is 29.2 Å². The molecule has 0 spiro atoms. The van der Waals surface area contributed by atoms with Crippen LogP contribution in [0.1, 0.15) is 6.23 Å². The van der Waals surface area contributed by atoms with E-state index in [1.165, 1.54) is 17.5 Å². The summed E-state index contributed by atoms with van der Waals surface area (Å²) >= 11 is 1.28. The van der Waals surface area contributed by atoms with Crippen molar-refractivity contribution in [3.63, 3.8) is 0 Å². The third-order valence-electron chi connectivity index (χ3n) is 4.20. The Labute approximate surface area is 193 Å². The molecule has 34 heavy (non-hydrogen) atoms. The first-order chi connectivity index (χ1) is 15.6. The van der Waals surface area contributed by atoms with Crippen molar-refractivity contribution in [1.29, 1.82) is 0 Å². The summed E-state index contributed by atoms with van der Waals surface area (Å²) in [4.78, 5) is 52.3. The SMILES string of the molecule is Nc1nc(=O)n([C@@H]2O[C@H](COP(=O)(O)OP(=O)(O)OP(=O)(O)O)[C@@H](O)[C@@H]2O)cc1-c1cccs1. The lowest BCUT2D eigenvalue weighted by Gasteiger charge is -2.19. The number of phosphoric ester groups is 1. The first-order valence-electron chi connectivity index (χ1n) is 8.81. The standard InChI is InChI=1S/C13H18N3O14P3S/c14-11-6(8-2-1-3-34-8)4-16(13(19)15-11)12-10(18)9(17)7(28-12)5-27-32(23,24)30-33(25,26)29-31(20,21)22/h1-4,7,9-10,12,17-18H,5H2,(H,23,24)(H,25,26)(H2,14,15,19)(H2,20,21,22)/t7-,9-,10+,12-/m1/s1. The van der Waals surface area contributed by atoms with Gasteiger partial charge in [0.05, 0.1) is 12.2 Å². The van der Waals surface area contributed by atoms with Crippen molar-refractivity contribution in [2.45, 2.75) is 24.5 Å². The van der Waals surface area contributed by atoms with E-state index < -0.39 is 60.3 Å². The Hall–Kier alpha value is -1.33. The smallest absolute Gasteiger partial charge is 0.387 e. The predicted molar refractivity (Wildman–Crippen MR) is 112 cm³/mol. The Balaban J connectivity index is 1.74. The van der Waals surface area contributed by atoms with Crippen LogP contribution >= 0.6 is 34.8 Å². The van der Waals surface area contributed by atoms with Gasteiger partial charge in [-0.1, -0.05) is 6.07 Å². The summed E-state index contributed by atoms with van der Waals surface area (Å²) in [5, 5.41) is 22.3. The lowest BCUT2D eigenvalue weighted by Crippen LogP contribution is -2.36. The molecule has 3 heterocycles. The summed E-state index contributed by atoms with van der Waals surface area (Å²) < 4.78 is 51.6. The summed E-state index contributed by atoms with van der Waals surface area (Å²) in [6, 6.07) is 3.41. The molecule has 3 rings (SSSR count). The molecule has 17 nitrogen and oxygen atoms in total. The molecular formula is C13H18N3O14P3S. The van der Waals surface area contributed by atoms with Gasteiger partial charge in [0.1, 0.15) is 24.1 Å². The van der Waals surface area contributed by atoms with E-state index in [1.807, 2.05) is 0 Å². The van der Waals surface area contributed by atoms with Gasteiger partial charge in [-0.15, -0.1) is 11.3 Å². The maximum atomic E-state index is 12.3. The molecule has 0 saturated carbocycles. The van der Waals surface area contributed by atoms with Crippen molar-refractivity contribution in [2.24, 2.45) is 0 Å². The van der Waals surface area contributed by atoms with Crippen molar-refractivity contribution in [2.75, 3.05) is 12.3 Å². The van der Waals surface area contributed by atoms with Crippen molar-refractivity contribution in [1.82, 2.24) is 9.55 Å². The molecule has 2 aromatic rings. The average molecular weight is 565 g/mol. The van der Waals surface area contributed by atoms with Crippen LogP contribution in [-0.2, 0) is 31.6 Å². The number of rotatable bonds is 9. The molecule has 6 atom stereocenters. The first kappa shape index (κ1) is 27.3. The minimum atomic E-state index is -5.74. The van der Waals surface area contributed by atoms with Gasteiger partial charge in [-0.3, -0.25) is 9.09 Å². The Morgan fingerprint density at radius 3 is 2.38 bits per heavy atom. The highest BCUT2D eigenvalue weighted by Crippen LogP contribution is 2.66. The molecule has 0 radical (unpaired) electrons. The van der Waals surface area contributed by atoms with Gasteiger partial charge in [-0.25, -0.2) is 18.5 Å². The number of hydrogen-bond acceptors (Lipinski definition) is 13. The Morgan fingerprint density at radius 1 is 1.12 bits per heavy atom. The molecule has 1 aliphatic rings. The van der Waals surface area contributed by atoms with E-state index in [-0.39, 0.29) is 5.82 Å². The molecule has 1 fully saturated rings. The fraction of sp³-hybridized carbons (Fsp3) is 0.385. The van der Waals surface area contributed by atoms with Crippen LogP contribution in [0, 0.1) is 0 Å². The zero-order valence-electron chi connectivity index (χ0n) is 16.5. The number of nitrogens with zero attached hydrogens (tertiary/aromatic N) is 2. The van der Waals surface area contributed by atoms with Crippen molar-refractivity contribution >= 4 is 40.6 Å². The predicted octanol–water partition coefficient (Wildman–Crippen LogP) is -0.483. The van der Waals surface area contributed by atoms with Crippen molar-refractivity contribution < 1.29 is 61.4 Å². The maximum Gasteiger partial charge on any atom is 0.490 e. The molecule has 21 heteroatoms. The van der Waals surface area contributed by atoms with Gasteiger partial charge < -0.3 is 40.3 Å². The largest absolute Gasteiger partial charge is 0.490 e. The highest BCUT2D eigenvalue weighted by Gasteiger charge is 2.47. The van der Waals surface area contributed by atoms with E-state index in [1.54, 1.807) is 17.5 Å². The van der Waals surface area contributed by atoms with E-state index in [0.717, 1.165) is 4.57 Å². The van der Waals surface area contributed by atoms with Gasteiger partial charge in [0.25, 0.3) is 0 Å². The molecular weight excluding hydrogens is 547 g/mol. The van der Waals surface area contributed by atoms with E-state index >= 15 is 0 Å². The molecule has 1 aliphatic heterocycles. The second kappa shape index (κ2) is 9.97. The van der Waals surface area contributed by atoms with Crippen LogP contribution in [0.4, 0.5) is 5.82 Å². The zero-order chi connectivity index (χ0) is 25.5. The lowest BCUT2D eigenvalue weighted by atomic mass is 10.1. The van der Waals surface area contributed by atoms with Gasteiger partial charge in [-0.2, -0.15) is 13.6 Å². The molecule has 0 amide bonds. The van der Waals surface area contributed by atoms with Crippen LogP contribution in [0.5, 0.6) is 0 Å². The van der Waals surface area contributed by atoms with Crippen LogP contribution in [-0.4, -0.2) is 64.3 Å². The molecule has 1 saturated heterocycles. The second-order valence-corrected chi connectivity index (χ2v) is 12.0. The number of ether oxygens (including phenoxy) is 1. The van der Waals surface area contributed by atoms with Crippen LogP contribution in [0.25, 0.3) is 10.4 Å². The number of aliphatic hydroxyl groups excluding tert-OH is 2. The summed E-state index contributed by atoms with van der Waals surface area (Å²) in [6.07, 6.45) is -5.41. The number of hydrogen-bond donors (Lipinski definition) is 7. The fourth-order valence-corrected chi connectivity index (χ4v) is 6.63. The van der Waals surface area contributed by atoms with Crippen LogP contribution in [0.3, 0.4) is 0 Å². The molecule has 190 valence electrons. The second-order valence-electron chi connectivity index (χ2n) is 6.64. The quantitative estimate of drug-likeness (QED) is 0.189. The normalized spacial score (nSPS) is 26.8. The summed E-state index contributed by atoms with van der Waals surface area (Å²) in [5.74, 6) is -0.0963. The lowest BCUT2D eigenvalue weighted by molar-refractivity contribution is -0.0540. The third kappa shape index (κ3) is 6.66. The fourth-order valence-electron chi connectivity index (χ4n) is 2.85. The number of anilines is 1. The number of aromatic nitrogens is 2. The Bertz CT molecular complexity index is 1230. The van der Waals surface area contributed by atoms with E-state index in [4.69, 9.17) is 25.2 Å². The maximum absolute atomic E-state index is 12.3. The molecule has 0 aliphatic carbocycles. The zero-order valence-corrected chi connectivity index (χ0v) is 20.0. The molecule has 8 N–H and O–H groups in total. The topological polar surface area (TPSA) is 270 Å². The van der Waals surface area contributed by atoms with Gasteiger partial charge in [0.2, 0.25) is 0 Å². The van der Waals surface area contributed by atoms with Crippen molar-refractivity contribution in [3.8, 4) is 10.4 Å². The molecule has 0 bridgehead atoms. The monoisotopic (exact) mass is 565 g/mol. The minimum absolute atomic E-state index is 0.0963. The average Bonchev–Trinajstić information content (AvgIpc) is 3.28. The molecule has 2 unspecified atom stereocenters. The van der Waals surface area contributed by atoms with Gasteiger partial charge in [0, 0.05) is 11.1 Å². The Kier molecular flexibility index (Phi) is 7.99. The summed E-state index contributed by atoms with van der Waals surface area (Å²) in [5.41, 5.74) is 5.18. The highest BCUT2D eigenvalue weighted by atomic mass is 32.1. The van der Waals surface area contributed by atoms with E-state index in [2.05, 4.69) is 18.1 Å². The van der Waals surface area contributed by atoms with Gasteiger partial charge in [0.15, 0.2) is 6.23 Å². The van der Waals surface area contributed by atoms with E-state index in [0.29, 0.717) is 10.4 Å². The van der Waals surface area contributed by atoms with E-state index in [9.17, 15) is 33.6 Å². The van der Waals surface area contributed by atoms with Crippen LogP contribution < -0.4 is 11.4 Å². The molecule has 0 aromatic carbocycles. The Morgan fingerprint density at radius 2 is 1.79 bits per heavy atom. The number of nitrogen functional groups attached to an aromatic ring is 1.